The molecule has 34 heavy (non-hydrogen) atoms. The van der Waals surface area contributed by atoms with Crippen LogP contribution in [-0.4, -0.2) is 66.9 Å². The lowest BCUT2D eigenvalue weighted by Gasteiger charge is -2.45. The molecule has 1 fully saturated rings. The topological polar surface area (TPSA) is 73.2 Å². The van der Waals surface area contributed by atoms with E-state index in [0.29, 0.717) is 13.1 Å². The van der Waals surface area contributed by atoms with Crippen LogP contribution in [0.4, 0.5) is 8.78 Å². The first-order chi connectivity index (χ1) is 16.4. The predicted octanol–water partition coefficient (Wildman–Crippen LogP) is 3.13. The van der Waals surface area contributed by atoms with Crippen LogP contribution in [0.2, 0.25) is 0 Å². The van der Waals surface area contributed by atoms with E-state index >= 15 is 0 Å². The van der Waals surface area contributed by atoms with Crippen LogP contribution in [0, 0.1) is 11.6 Å². The molecule has 0 bridgehead atoms. The number of hydrogen-bond donors (Lipinski definition) is 2. The SMILES string of the molecule is C[C@@H](N1CCN(Cc2c[nH]c3ccccc23)CC1)[C@](O)(Cn1cncn1)c1ccc(F)cc1F. The van der Waals surface area contributed by atoms with E-state index in [9.17, 15) is 13.9 Å². The molecule has 1 aliphatic heterocycles. The van der Waals surface area contributed by atoms with Crippen molar-refractivity contribution < 1.29 is 13.9 Å². The average molecular weight is 467 g/mol. The van der Waals surface area contributed by atoms with Crippen molar-refractivity contribution in [2.24, 2.45) is 0 Å². The third-order valence-corrected chi connectivity index (χ3v) is 6.98. The molecule has 0 aliphatic carbocycles. The van der Waals surface area contributed by atoms with Crippen LogP contribution in [-0.2, 0) is 18.7 Å². The van der Waals surface area contributed by atoms with Gasteiger partial charge in [-0.1, -0.05) is 24.3 Å². The summed E-state index contributed by atoms with van der Waals surface area (Å²) in [5.41, 5.74) is 0.820. The number of aromatic amines is 1. The number of aliphatic hydroxyl groups is 1. The van der Waals surface area contributed by atoms with Gasteiger partial charge in [-0.05, 0) is 24.6 Å². The largest absolute Gasteiger partial charge is 0.381 e. The van der Waals surface area contributed by atoms with Gasteiger partial charge in [-0.2, -0.15) is 5.10 Å². The Morgan fingerprint density at radius 2 is 1.91 bits per heavy atom. The molecule has 4 aromatic rings. The maximum Gasteiger partial charge on any atom is 0.137 e. The van der Waals surface area contributed by atoms with Gasteiger partial charge in [-0.25, -0.2) is 18.4 Å². The van der Waals surface area contributed by atoms with Gasteiger partial charge in [0.1, 0.15) is 29.9 Å². The number of nitrogens with zero attached hydrogens (tertiary/aromatic N) is 5. The van der Waals surface area contributed by atoms with Gasteiger partial charge in [0.25, 0.3) is 0 Å². The van der Waals surface area contributed by atoms with Gasteiger partial charge < -0.3 is 10.1 Å². The van der Waals surface area contributed by atoms with Gasteiger partial charge in [0, 0.05) is 67.5 Å². The number of halogens is 2. The number of fused-ring (bicyclic) bond motifs is 1. The van der Waals surface area contributed by atoms with Crippen molar-refractivity contribution >= 4 is 10.9 Å². The fraction of sp³-hybridized carbons (Fsp3) is 0.360. The second-order valence-electron chi connectivity index (χ2n) is 8.99. The highest BCUT2D eigenvalue weighted by Crippen LogP contribution is 2.33. The molecule has 0 radical (unpaired) electrons. The molecule has 1 aliphatic rings. The van der Waals surface area contributed by atoms with Crippen LogP contribution >= 0.6 is 0 Å². The Balaban J connectivity index is 1.32. The van der Waals surface area contributed by atoms with E-state index in [1.807, 2.05) is 19.1 Å². The summed E-state index contributed by atoms with van der Waals surface area (Å²) in [6.07, 6.45) is 4.92. The summed E-state index contributed by atoms with van der Waals surface area (Å²) in [7, 11) is 0. The molecular weight excluding hydrogens is 438 g/mol. The normalized spacial score (nSPS) is 18.2. The van der Waals surface area contributed by atoms with E-state index in [-0.39, 0.29) is 12.1 Å². The molecule has 0 unspecified atom stereocenters. The predicted molar refractivity (Wildman–Crippen MR) is 125 cm³/mol. The number of nitrogens with one attached hydrogen (secondary N) is 1. The third-order valence-electron chi connectivity index (χ3n) is 6.98. The zero-order valence-electron chi connectivity index (χ0n) is 19.0. The fourth-order valence-corrected chi connectivity index (χ4v) is 4.96. The van der Waals surface area contributed by atoms with Crippen molar-refractivity contribution in [2.45, 2.75) is 31.7 Å². The molecule has 2 N–H and O–H groups in total. The molecule has 7 nitrogen and oxygen atoms in total. The Labute approximate surface area is 196 Å². The molecule has 1 saturated heterocycles. The minimum absolute atomic E-state index is 0.00622. The minimum Gasteiger partial charge on any atom is -0.381 e. The Hall–Kier alpha value is -3.14. The maximum atomic E-state index is 14.8. The summed E-state index contributed by atoms with van der Waals surface area (Å²) < 4.78 is 29.9. The number of piperazine rings is 1. The van der Waals surface area contributed by atoms with Crippen LogP contribution in [0.25, 0.3) is 10.9 Å². The second kappa shape index (κ2) is 9.25. The van der Waals surface area contributed by atoms with Crippen molar-refractivity contribution in [1.82, 2.24) is 29.5 Å². The van der Waals surface area contributed by atoms with Crippen LogP contribution in [0.3, 0.4) is 0 Å². The second-order valence-corrected chi connectivity index (χ2v) is 8.99. The summed E-state index contributed by atoms with van der Waals surface area (Å²) in [5.74, 6) is -1.45. The Morgan fingerprint density at radius 3 is 2.65 bits per heavy atom. The smallest absolute Gasteiger partial charge is 0.137 e. The number of rotatable bonds is 7. The van der Waals surface area contributed by atoms with Gasteiger partial charge in [0.15, 0.2) is 0 Å². The molecule has 5 rings (SSSR count). The monoisotopic (exact) mass is 466 g/mol. The zero-order valence-corrected chi connectivity index (χ0v) is 19.0. The van der Waals surface area contributed by atoms with E-state index in [1.165, 1.54) is 40.4 Å². The number of H-pyrrole nitrogens is 1. The molecule has 2 aromatic carbocycles. The Bertz CT molecular complexity index is 1250. The van der Waals surface area contributed by atoms with Crippen molar-refractivity contribution in [3.8, 4) is 0 Å². The number of benzene rings is 2. The number of aromatic nitrogens is 4. The Morgan fingerprint density at radius 1 is 1.12 bits per heavy atom. The quantitative estimate of drug-likeness (QED) is 0.438. The van der Waals surface area contributed by atoms with Crippen molar-refractivity contribution in [3.63, 3.8) is 0 Å². The van der Waals surface area contributed by atoms with Crippen LogP contribution in [0.15, 0.2) is 61.3 Å². The molecule has 178 valence electrons. The van der Waals surface area contributed by atoms with Gasteiger partial charge in [0.2, 0.25) is 0 Å². The lowest BCUT2D eigenvalue weighted by molar-refractivity contribution is -0.0743. The molecule has 0 spiro atoms. The van der Waals surface area contributed by atoms with E-state index < -0.39 is 23.3 Å². The van der Waals surface area contributed by atoms with E-state index in [0.717, 1.165) is 31.2 Å². The number of para-hydroxylation sites is 1. The van der Waals surface area contributed by atoms with Gasteiger partial charge in [-0.15, -0.1) is 0 Å². The molecule has 2 aromatic heterocycles. The zero-order chi connectivity index (χ0) is 23.7. The Kier molecular flexibility index (Phi) is 6.16. The van der Waals surface area contributed by atoms with Crippen molar-refractivity contribution in [1.29, 1.82) is 0 Å². The first-order valence-electron chi connectivity index (χ1n) is 11.5. The first-order valence-corrected chi connectivity index (χ1v) is 11.5. The number of hydrogen-bond acceptors (Lipinski definition) is 5. The van der Waals surface area contributed by atoms with Gasteiger partial charge in [-0.3, -0.25) is 9.80 Å². The summed E-state index contributed by atoms with van der Waals surface area (Å²) in [4.78, 5) is 11.8. The summed E-state index contributed by atoms with van der Waals surface area (Å²) in [6, 6.07) is 11.1. The lowest BCUT2D eigenvalue weighted by Crippen LogP contribution is -2.57. The minimum atomic E-state index is -1.62. The third kappa shape index (κ3) is 4.34. The summed E-state index contributed by atoms with van der Waals surface area (Å²) in [5, 5.41) is 17.2. The van der Waals surface area contributed by atoms with Crippen molar-refractivity contribution in [2.75, 3.05) is 26.2 Å². The van der Waals surface area contributed by atoms with Gasteiger partial charge in [0.05, 0.1) is 6.54 Å². The summed E-state index contributed by atoms with van der Waals surface area (Å²) in [6.45, 7) is 5.78. The van der Waals surface area contributed by atoms with E-state index in [1.54, 1.807) is 0 Å². The van der Waals surface area contributed by atoms with Crippen LogP contribution in [0.1, 0.15) is 18.1 Å². The highest BCUT2D eigenvalue weighted by Gasteiger charge is 2.42. The molecule has 0 saturated carbocycles. The molecular formula is C25H28F2N6O. The standard InChI is InChI=1S/C25H28F2N6O/c1-18(25(34,15-33-17-28-16-30-33)22-7-6-20(26)12-23(22)27)32-10-8-31(9-11-32)14-19-13-29-24-5-3-2-4-21(19)24/h2-7,12-13,16-18,29,34H,8-11,14-15H2,1H3/t18-,25-/m1/s1. The lowest BCUT2D eigenvalue weighted by atomic mass is 9.85. The molecule has 9 heteroatoms. The molecule has 3 heterocycles. The van der Waals surface area contributed by atoms with E-state index in [2.05, 4.69) is 43.2 Å². The average Bonchev–Trinajstić information content (AvgIpc) is 3.49. The fourth-order valence-electron chi connectivity index (χ4n) is 4.96. The van der Waals surface area contributed by atoms with Crippen molar-refractivity contribution in [3.05, 3.63) is 84.1 Å². The van der Waals surface area contributed by atoms with Crippen LogP contribution in [0.5, 0.6) is 0 Å². The molecule has 2 atom stereocenters. The first kappa shape index (κ1) is 22.6. The highest BCUT2D eigenvalue weighted by atomic mass is 19.1. The van der Waals surface area contributed by atoms with Gasteiger partial charge >= 0.3 is 0 Å². The van der Waals surface area contributed by atoms with E-state index in [4.69, 9.17) is 0 Å². The van der Waals surface area contributed by atoms with Crippen LogP contribution < -0.4 is 0 Å². The highest BCUT2D eigenvalue weighted by molar-refractivity contribution is 5.82. The summed E-state index contributed by atoms with van der Waals surface area (Å²) >= 11 is 0. The molecule has 0 amide bonds. The maximum absolute atomic E-state index is 14.8.